The number of hydrogen-bond donors (Lipinski definition) is 1. The molecule has 0 aliphatic carbocycles. The van der Waals surface area contributed by atoms with Crippen LogP contribution in [0.15, 0.2) is 0 Å². The molecule has 0 aromatic carbocycles. The van der Waals surface area contributed by atoms with Crippen LogP contribution in [-0.4, -0.2) is 62.5 Å². The van der Waals surface area contributed by atoms with Crippen molar-refractivity contribution < 1.29 is 4.79 Å². The number of nitrogens with zero attached hydrogens (tertiary/aromatic N) is 2. The Kier molecular flexibility index (Phi) is 6.03. The summed E-state index contributed by atoms with van der Waals surface area (Å²) >= 11 is 0. The van der Waals surface area contributed by atoms with Gasteiger partial charge in [0.2, 0.25) is 5.91 Å². The van der Waals surface area contributed by atoms with Gasteiger partial charge in [-0.15, -0.1) is 12.4 Å². The fraction of sp³-hybridized carbons (Fsp3) is 0.875. The lowest BCUT2D eigenvalue weighted by Crippen LogP contribution is -2.47. The van der Waals surface area contributed by atoms with Crippen LogP contribution in [0, 0.1) is 0 Å². The Bertz CT molecular complexity index is 157. The molecule has 1 rings (SSSR count). The smallest absolute Gasteiger partial charge is 0.236 e. The molecule has 1 aliphatic rings. The molecule has 0 atom stereocenters. The van der Waals surface area contributed by atoms with Crippen molar-refractivity contribution in [1.82, 2.24) is 15.1 Å². The number of nitrogens with one attached hydrogen (secondary N) is 1. The van der Waals surface area contributed by atoms with Crippen molar-refractivity contribution >= 4 is 18.3 Å². The molecule has 1 amide bonds. The second kappa shape index (κ2) is 6.18. The third kappa shape index (κ3) is 4.45. The van der Waals surface area contributed by atoms with Gasteiger partial charge in [0.1, 0.15) is 0 Å². The van der Waals surface area contributed by atoms with Gasteiger partial charge in [-0.2, -0.15) is 0 Å². The molecule has 0 aromatic heterocycles. The zero-order valence-electron chi connectivity index (χ0n) is 8.25. The molecule has 1 heterocycles. The predicted molar refractivity (Wildman–Crippen MR) is 55.3 cm³/mol. The third-order valence-electron chi connectivity index (χ3n) is 2.07. The second-order valence-electron chi connectivity index (χ2n) is 3.31. The maximum Gasteiger partial charge on any atom is 0.236 e. The Labute approximate surface area is 85.7 Å². The molecule has 5 heteroatoms. The molecular weight excluding hydrogens is 190 g/mol. The number of carbonyl (C=O) groups excluding carboxylic acids is 1. The Morgan fingerprint density at radius 3 is 2.38 bits per heavy atom. The van der Waals surface area contributed by atoms with Gasteiger partial charge in [-0.25, -0.2) is 0 Å². The van der Waals surface area contributed by atoms with Crippen molar-refractivity contribution in [1.29, 1.82) is 0 Å². The van der Waals surface area contributed by atoms with Gasteiger partial charge in [0, 0.05) is 40.3 Å². The highest BCUT2D eigenvalue weighted by Crippen LogP contribution is 1.92. The van der Waals surface area contributed by atoms with Gasteiger partial charge in [-0.05, 0) is 0 Å². The van der Waals surface area contributed by atoms with E-state index < -0.39 is 0 Å². The average molecular weight is 208 g/mol. The molecule has 0 spiro atoms. The van der Waals surface area contributed by atoms with Crippen LogP contribution < -0.4 is 5.32 Å². The van der Waals surface area contributed by atoms with Gasteiger partial charge in [0.05, 0.1) is 6.54 Å². The fourth-order valence-electron chi connectivity index (χ4n) is 1.20. The van der Waals surface area contributed by atoms with E-state index in [0.29, 0.717) is 6.54 Å². The van der Waals surface area contributed by atoms with Gasteiger partial charge >= 0.3 is 0 Å². The van der Waals surface area contributed by atoms with Gasteiger partial charge in [0.25, 0.3) is 0 Å². The first-order chi connectivity index (χ1) is 5.70. The Morgan fingerprint density at radius 1 is 1.38 bits per heavy atom. The lowest BCUT2D eigenvalue weighted by Gasteiger charge is -2.27. The van der Waals surface area contributed by atoms with Crippen molar-refractivity contribution in [2.45, 2.75) is 0 Å². The summed E-state index contributed by atoms with van der Waals surface area (Å²) in [6.07, 6.45) is 0. The van der Waals surface area contributed by atoms with Crippen molar-refractivity contribution in [2.24, 2.45) is 0 Å². The quantitative estimate of drug-likeness (QED) is 0.657. The number of rotatable bonds is 2. The van der Waals surface area contributed by atoms with E-state index >= 15 is 0 Å². The first-order valence-corrected chi connectivity index (χ1v) is 4.33. The van der Waals surface area contributed by atoms with E-state index in [2.05, 4.69) is 10.2 Å². The average Bonchev–Trinajstić information content (AvgIpc) is 2.06. The number of amides is 1. The van der Waals surface area contributed by atoms with Gasteiger partial charge in [0.15, 0.2) is 0 Å². The standard InChI is InChI=1S/C8H17N3O.ClH/c1-10(2)8(12)7-11-5-3-9-4-6-11;/h9H,3-7H2,1-2H3;1H. The highest BCUT2D eigenvalue weighted by molar-refractivity contribution is 5.85. The largest absolute Gasteiger partial charge is 0.348 e. The molecule has 1 N–H and O–H groups in total. The summed E-state index contributed by atoms with van der Waals surface area (Å²) < 4.78 is 0. The van der Waals surface area contributed by atoms with Crippen LogP contribution in [0.25, 0.3) is 0 Å². The van der Waals surface area contributed by atoms with Crippen molar-refractivity contribution in [3.8, 4) is 0 Å². The van der Waals surface area contributed by atoms with E-state index in [1.165, 1.54) is 0 Å². The summed E-state index contributed by atoms with van der Waals surface area (Å²) in [4.78, 5) is 15.1. The minimum Gasteiger partial charge on any atom is -0.348 e. The number of carbonyl (C=O) groups is 1. The van der Waals surface area contributed by atoms with Crippen LogP contribution in [0.4, 0.5) is 0 Å². The molecule has 0 radical (unpaired) electrons. The van der Waals surface area contributed by atoms with E-state index in [4.69, 9.17) is 0 Å². The normalized spacial score (nSPS) is 17.7. The van der Waals surface area contributed by atoms with Crippen molar-refractivity contribution in [2.75, 3.05) is 46.8 Å². The molecule has 78 valence electrons. The van der Waals surface area contributed by atoms with Crippen LogP contribution in [0.2, 0.25) is 0 Å². The Balaban J connectivity index is 0.00000144. The third-order valence-corrected chi connectivity index (χ3v) is 2.07. The molecule has 4 nitrogen and oxygen atoms in total. The zero-order chi connectivity index (χ0) is 8.97. The van der Waals surface area contributed by atoms with E-state index in [9.17, 15) is 4.79 Å². The SMILES string of the molecule is CN(C)C(=O)CN1CCNCC1.Cl. The van der Waals surface area contributed by atoms with Crippen LogP contribution in [0.3, 0.4) is 0 Å². The minimum atomic E-state index is 0. The van der Waals surface area contributed by atoms with Crippen molar-refractivity contribution in [3.63, 3.8) is 0 Å². The van der Waals surface area contributed by atoms with E-state index in [0.717, 1.165) is 26.2 Å². The molecule has 1 fully saturated rings. The minimum absolute atomic E-state index is 0. The van der Waals surface area contributed by atoms with Crippen LogP contribution in [0.1, 0.15) is 0 Å². The molecule has 1 aliphatic heterocycles. The Hall–Kier alpha value is -0.320. The van der Waals surface area contributed by atoms with Gasteiger partial charge < -0.3 is 10.2 Å². The summed E-state index contributed by atoms with van der Waals surface area (Å²) in [6.45, 7) is 4.54. The highest BCUT2D eigenvalue weighted by atomic mass is 35.5. The van der Waals surface area contributed by atoms with Crippen LogP contribution in [0.5, 0.6) is 0 Å². The maximum atomic E-state index is 11.3. The highest BCUT2D eigenvalue weighted by Gasteiger charge is 2.13. The maximum absolute atomic E-state index is 11.3. The van der Waals surface area contributed by atoms with Crippen molar-refractivity contribution in [3.05, 3.63) is 0 Å². The summed E-state index contributed by atoms with van der Waals surface area (Å²) in [5.74, 6) is 0.192. The molecule has 0 bridgehead atoms. The lowest BCUT2D eigenvalue weighted by atomic mass is 10.3. The number of likely N-dealkylation sites (N-methyl/N-ethyl adjacent to an activating group) is 1. The first kappa shape index (κ1) is 12.7. The van der Waals surface area contributed by atoms with E-state index in [-0.39, 0.29) is 18.3 Å². The summed E-state index contributed by atoms with van der Waals surface area (Å²) in [6, 6.07) is 0. The van der Waals surface area contributed by atoms with Gasteiger partial charge in [-0.3, -0.25) is 9.69 Å². The zero-order valence-corrected chi connectivity index (χ0v) is 9.06. The number of hydrogen-bond acceptors (Lipinski definition) is 3. The topological polar surface area (TPSA) is 35.6 Å². The molecule has 13 heavy (non-hydrogen) atoms. The number of piperazine rings is 1. The first-order valence-electron chi connectivity index (χ1n) is 4.33. The summed E-state index contributed by atoms with van der Waals surface area (Å²) in [7, 11) is 3.59. The molecule has 0 unspecified atom stereocenters. The van der Waals surface area contributed by atoms with E-state index in [1.807, 2.05) is 0 Å². The molecule has 1 saturated heterocycles. The number of halogens is 1. The Morgan fingerprint density at radius 2 is 1.92 bits per heavy atom. The summed E-state index contributed by atoms with van der Waals surface area (Å²) in [5.41, 5.74) is 0. The lowest BCUT2D eigenvalue weighted by molar-refractivity contribution is -0.130. The fourth-order valence-corrected chi connectivity index (χ4v) is 1.20. The van der Waals surface area contributed by atoms with Gasteiger partial charge in [-0.1, -0.05) is 0 Å². The monoisotopic (exact) mass is 207 g/mol. The van der Waals surface area contributed by atoms with Crippen LogP contribution >= 0.6 is 12.4 Å². The molecular formula is C8H18ClN3O. The summed E-state index contributed by atoms with van der Waals surface area (Å²) in [5, 5.41) is 3.25. The molecule has 0 aromatic rings. The molecule has 0 saturated carbocycles. The second-order valence-corrected chi connectivity index (χ2v) is 3.31. The van der Waals surface area contributed by atoms with Crippen LogP contribution in [-0.2, 0) is 4.79 Å². The van der Waals surface area contributed by atoms with E-state index in [1.54, 1.807) is 19.0 Å². The predicted octanol–water partition coefficient (Wildman–Crippen LogP) is -0.598.